The molecule has 1 aromatic carbocycles. The van der Waals surface area contributed by atoms with Crippen molar-refractivity contribution in [3.05, 3.63) is 42.0 Å². The second-order valence-corrected chi connectivity index (χ2v) is 4.77. The average molecular weight is 253 g/mol. The van der Waals surface area contributed by atoms with Gasteiger partial charge in [0.05, 0.1) is 24.0 Å². The van der Waals surface area contributed by atoms with Gasteiger partial charge in [-0.1, -0.05) is 36.9 Å². The molecule has 1 aromatic rings. The number of nitrogens with two attached hydrogens (primary N) is 1. The van der Waals surface area contributed by atoms with Crippen molar-refractivity contribution in [2.75, 3.05) is 6.54 Å². The van der Waals surface area contributed by atoms with Gasteiger partial charge in [0.15, 0.2) is 0 Å². The molecule has 0 aliphatic heterocycles. The minimum absolute atomic E-state index is 0.268. The molecular formula is C16H19N3. The van der Waals surface area contributed by atoms with E-state index >= 15 is 0 Å². The molecular weight excluding hydrogens is 234 g/mol. The Morgan fingerprint density at radius 1 is 1.21 bits per heavy atom. The molecule has 0 amide bonds. The lowest BCUT2D eigenvalue weighted by Crippen LogP contribution is -2.45. The predicted molar refractivity (Wildman–Crippen MR) is 76.8 cm³/mol. The van der Waals surface area contributed by atoms with Crippen molar-refractivity contribution in [1.82, 2.24) is 0 Å². The van der Waals surface area contributed by atoms with E-state index in [0.29, 0.717) is 0 Å². The number of hydrogen-bond donors (Lipinski definition) is 1. The molecule has 0 saturated heterocycles. The van der Waals surface area contributed by atoms with E-state index in [9.17, 15) is 10.5 Å². The van der Waals surface area contributed by atoms with Crippen LogP contribution in [0.3, 0.4) is 0 Å². The fourth-order valence-corrected chi connectivity index (χ4v) is 2.51. The van der Waals surface area contributed by atoms with Crippen LogP contribution in [0.25, 0.3) is 6.08 Å². The standard InChI is InChI=1S/C16H19N3/c1-4-14-5-7-15(8-6-14)16(11-19,12(2)9-17)13(3)10-18/h4-8,12-13H,1,11,19H2,2-3H3. The zero-order valence-electron chi connectivity index (χ0n) is 11.4. The first-order chi connectivity index (χ1) is 9.06. The number of hydrogen-bond acceptors (Lipinski definition) is 3. The molecule has 0 bridgehead atoms. The van der Waals surface area contributed by atoms with Gasteiger partial charge in [-0.05, 0) is 25.0 Å². The van der Waals surface area contributed by atoms with Crippen molar-refractivity contribution in [1.29, 1.82) is 10.5 Å². The highest BCUT2D eigenvalue weighted by Gasteiger charge is 2.42. The summed E-state index contributed by atoms with van der Waals surface area (Å²) >= 11 is 0. The summed E-state index contributed by atoms with van der Waals surface area (Å²) in [6.45, 7) is 7.63. The van der Waals surface area contributed by atoms with Crippen LogP contribution in [-0.4, -0.2) is 6.54 Å². The van der Waals surface area contributed by atoms with Crippen molar-refractivity contribution in [3.8, 4) is 12.1 Å². The van der Waals surface area contributed by atoms with Gasteiger partial charge in [-0.15, -0.1) is 0 Å². The van der Waals surface area contributed by atoms with Crippen LogP contribution in [-0.2, 0) is 5.41 Å². The van der Waals surface area contributed by atoms with Gasteiger partial charge in [-0.3, -0.25) is 0 Å². The van der Waals surface area contributed by atoms with E-state index in [1.165, 1.54) is 0 Å². The van der Waals surface area contributed by atoms with Crippen LogP contribution in [0.5, 0.6) is 0 Å². The van der Waals surface area contributed by atoms with Gasteiger partial charge in [0, 0.05) is 12.0 Å². The summed E-state index contributed by atoms with van der Waals surface area (Å²) in [7, 11) is 0. The Morgan fingerprint density at radius 2 is 1.68 bits per heavy atom. The summed E-state index contributed by atoms with van der Waals surface area (Å²) in [4.78, 5) is 0. The predicted octanol–water partition coefficient (Wildman–Crippen LogP) is 2.85. The zero-order valence-corrected chi connectivity index (χ0v) is 11.4. The molecule has 0 aliphatic carbocycles. The van der Waals surface area contributed by atoms with Crippen LogP contribution < -0.4 is 5.73 Å². The van der Waals surface area contributed by atoms with Crippen molar-refractivity contribution in [2.24, 2.45) is 17.6 Å². The lowest BCUT2D eigenvalue weighted by Gasteiger charge is -2.38. The molecule has 1 rings (SSSR count). The zero-order chi connectivity index (χ0) is 14.5. The van der Waals surface area contributed by atoms with E-state index in [2.05, 4.69) is 18.7 Å². The Morgan fingerprint density at radius 3 is 2.00 bits per heavy atom. The van der Waals surface area contributed by atoms with Crippen LogP contribution >= 0.6 is 0 Å². The number of benzene rings is 1. The fourth-order valence-electron chi connectivity index (χ4n) is 2.51. The quantitative estimate of drug-likeness (QED) is 0.876. The molecule has 0 saturated carbocycles. The van der Waals surface area contributed by atoms with Crippen LogP contribution in [0.4, 0.5) is 0 Å². The third kappa shape index (κ3) is 2.52. The molecule has 3 nitrogen and oxygen atoms in total. The van der Waals surface area contributed by atoms with Gasteiger partial charge >= 0.3 is 0 Å². The SMILES string of the molecule is C=Cc1ccc(C(CN)(C(C)C#N)C(C)C#N)cc1. The third-order valence-electron chi connectivity index (χ3n) is 3.95. The molecule has 2 atom stereocenters. The van der Waals surface area contributed by atoms with Gasteiger partial charge in [0.1, 0.15) is 0 Å². The van der Waals surface area contributed by atoms with Gasteiger partial charge in [0.2, 0.25) is 0 Å². The van der Waals surface area contributed by atoms with Gasteiger partial charge in [-0.25, -0.2) is 0 Å². The summed E-state index contributed by atoms with van der Waals surface area (Å²) in [6.07, 6.45) is 1.76. The topological polar surface area (TPSA) is 73.6 Å². The second kappa shape index (κ2) is 6.18. The lowest BCUT2D eigenvalue weighted by atomic mass is 9.64. The Bertz CT molecular complexity index is 496. The minimum atomic E-state index is -0.636. The Kier molecular flexibility index (Phi) is 4.87. The molecule has 3 heteroatoms. The number of rotatable bonds is 5. The highest BCUT2D eigenvalue weighted by molar-refractivity contribution is 5.48. The van der Waals surface area contributed by atoms with E-state index in [0.717, 1.165) is 11.1 Å². The van der Waals surface area contributed by atoms with E-state index < -0.39 is 5.41 Å². The van der Waals surface area contributed by atoms with Crippen LogP contribution in [0, 0.1) is 34.5 Å². The molecule has 19 heavy (non-hydrogen) atoms. The second-order valence-electron chi connectivity index (χ2n) is 4.77. The highest BCUT2D eigenvalue weighted by atomic mass is 14.6. The van der Waals surface area contributed by atoms with E-state index in [-0.39, 0.29) is 18.4 Å². The molecule has 0 heterocycles. The average Bonchev–Trinajstić information content (AvgIpc) is 2.48. The van der Waals surface area contributed by atoms with Crippen LogP contribution in [0.15, 0.2) is 30.8 Å². The monoisotopic (exact) mass is 253 g/mol. The Labute approximate surface area is 115 Å². The molecule has 0 aromatic heterocycles. The van der Waals surface area contributed by atoms with E-state index in [1.807, 2.05) is 38.1 Å². The molecule has 0 radical (unpaired) electrons. The smallest absolute Gasteiger partial charge is 0.0663 e. The minimum Gasteiger partial charge on any atom is -0.329 e. The number of nitrogens with zero attached hydrogens (tertiary/aromatic N) is 2. The number of nitriles is 2. The Balaban J connectivity index is 3.41. The fraction of sp³-hybridized carbons (Fsp3) is 0.375. The molecule has 0 aliphatic rings. The van der Waals surface area contributed by atoms with Crippen molar-refractivity contribution in [2.45, 2.75) is 19.3 Å². The molecule has 0 fully saturated rings. The van der Waals surface area contributed by atoms with Gasteiger partial charge in [0.25, 0.3) is 0 Å². The maximum Gasteiger partial charge on any atom is 0.0663 e. The van der Waals surface area contributed by atoms with E-state index in [1.54, 1.807) is 6.08 Å². The maximum atomic E-state index is 9.28. The molecule has 98 valence electrons. The maximum absolute atomic E-state index is 9.28. The summed E-state index contributed by atoms with van der Waals surface area (Å²) in [6, 6.07) is 12.2. The van der Waals surface area contributed by atoms with Crippen molar-refractivity contribution in [3.63, 3.8) is 0 Å². The van der Waals surface area contributed by atoms with Crippen molar-refractivity contribution >= 4 is 6.08 Å². The normalized spacial score (nSPS) is 16.5. The first-order valence-corrected chi connectivity index (χ1v) is 6.29. The van der Waals surface area contributed by atoms with E-state index in [4.69, 9.17) is 5.73 Å². The van der Waals surface area contributed by atoms with Crippen LogP contribution in [0.2, 0.25) is 0 Å². The van der Waals surface area contributed by atoms with Crippen molar-refractivity contribution < 1.29 is 0 Å². The molecule has 0 spiro atoms. The lowest BCUT2D eigenvalue weighted by molar-refractivity contribution is 0.283. The van der Waals surface area contributed by atoms with Gasteiger partial charge < -0.3 is 5.73 Å². The van der Waals surface area contributed by atoms with Crippen LogP contribution in [0.1, 0.15) is 25.0 Å². The summed E-state index contributed by atoms with van der Waals surface area (Å²) in [5.74, 6) is -0.663. The summed E-state index contributed by atoms with van der Waals surface area (Å²) in [5.41, 5.74) is 7.24. The summed E-state index contributed by atoms with van der Waals surface area (Å²) < 4.78 is 0. The third-order valence-corrected chi connectivity index (χ3v) is 3.95. The summed E-state index contributed by atoms with van der Waals surface area (Å²) in [5, 5.41) is 18.6. The Hall–Kier alpha value is -2.10. The first-order valence-electron chi connectivity index (χ1n) is 6.29. The first kappa shape index (κ1) is 15.0. The molecule has 2 unspecified atom stereocenters. The molecule has 2 N–H and O–H groups in total. The highest BCUT2D eigenvalue weighted by Crippen LogP contribution is 2.38. The largest absolute Gasteiger partial charge is 0.329 e. The van der Waals surface area contributed by atoms with Gasteiger partial charge in [-0.2, -0.15) is 10.5 Å².